The monoisotopic (exact) mass is 339 g/mol. The lowest BCUT2D eigenvalue weighted by atomic mass is 10.2. The van der Waals surface area contributed by atoms with Crippen molar-refractivity contribution in [2.24, 2.45) is 0 Å². The van der Waals surface area contributed by atoms with E-state index in [4.69, 9.17) is 16.3 Å². The second-order valence-corrected chi connectivity index (χ2v) is 5.78. The zero-order valence-electron chi connectivity index (χ0n) is 13.1. The molecule has 0 saturated carbocycles. The predicted molar refractivity (Wildman–Crippen MR) is 97.7 cm³/mol. The standard InChI is InChI=1S/C20H18ClNO2/c21-17-10-6-11-18(20(17)23)22-13-16-9-4-5-12-19(16)24-14-15-7-2-1-3-8-15/h1-12,22-23H,13-14H2. The minimum atomic E-state index is 0.0573. The van der Waals surface area contributed by atoms with Crippen molar-refractivity contribution in [3.8, 4) is 11.5 Å². The Morgan fingerprint density at radius 2 is 1.62 bits per heavy atom. The molecule has 0 aliphatic carbocycles. The summed E-state index contributed by atoms with van der Waals surface area (Å²) >= 11 is 5.93. The van der Waals surface area contributed by atoms with Crippen LogP contribution >= 0.6 is 11.6 Å². The molecule has 3 aromatic carbocycles. The first-order chi connectivity index (χ1) is 11.7. The number of phenolic OH excluding ortho intramolecular Hbond substituents is 1. The fourth-order valence-corrected chi connectivity index (χ4v) is 2.55. The number of hydrogen-bond donors (Lipinski definition) is 2. The number of halogens is 1. The number of benzene rings is 3. The quantitative estimate of drug-likeness (QED) is 0.604. The van der Waals surface area contributed by atoms with Crippen LogP contribution in [0.4, 0.5) is 5.69 Å². The first-order valence-corrected chi connectivity index (χ1v) is 8.08. The van der Waals surface area contributed by atoms with E-state index in [2.05, 4.69) is 5.32 Å². The van der Waals surface area contributed by atoms with E-state index in [0.29, 0.717) is 23.9 Å². The number of phenols is 1. The summed E-state index contributed by atoms with van der Waals surface area (Å²) in [6, 6.07) is 23.1. The van der Waals surface area contributed by atoms with Gasteiger partial charge in [0.25, 0.3) is 0 Å². The van der Waals surface area contributed by atoms with Crippen molar-refractivity contribution < 1.29 is 9.84 Å². The highest BCUT2D eigenvalue weighted by Crippen LogP contribution is 2.32. The van der Waals surface area contributed by atoms with Gasteiger partial charge in [-0.25, -0.2) is 0 Å². The molecule has 0 fully saturated rings. The number of anilines is 1. The smallest absolute Gasteiger partial charge is 0.157 e. The van der Waals surface area contributed by atoms with Gasteiger partial charge in [-0.3, -0.25) is 0 Å². The van der Waals surface area contributed by atoms with Crippen LogP contribution in [-0.2, 0) is 13.2 Å². The molecule has 0 aliphatic heterocycles. The molecule has 0 aliphatic rings. The Hall–Kier alpha value is -2.65. The Morgan fingerprint density at radius 3 is 2.46 bits per heavy atom. The van der Waals surface area contributed by atoms with Gasteiger partial charge in [0.15, 0.2) is 5.75 Å². The van der Waals surface area contributed by atoms with Gasteiger partial charge in [0.05, 0.1) is 10.7 Å². The molecule has 0 radical (unpaired) electrons. The third-order valence-corrected chi connectivity index (χ3v) is 3.97. The molecule has 0 heterocycles. The first-order valence-electron chi connectivity index (χ1n) is 7.70. The molecule has 0 spiro atoms. The number of para-hydroxylation sites is 2. The van der Waals surface area contributed by atoms with Crippen molar-refractivity contribution >= 4 is 17.3 Å². The van der Waals surface area contributed by atoms with E-state index >= 15 is 0 Å². The average Bonchev–Trinajstić information content (AvgIpc) is 2.63. The molecule has 2 N–H and O–H groups in total. The topological polar surface area (TPSA) is 41.5 Å². The zero-order valence-corrected chi connectivity index (χ0v) is 13.8. The highest BCUT2D eigenvalue weighted by atomic mass is 35.5. The number of ether oxygens (including phenoxy) is 1. The summed E-state index contributed by atoms with van der Waals surface area (Å²) in [5.74, 6) is 0.872. The van der Waals surface area contributed by atoms with Gasteiger partial charge in [0.2, 0.25) is 0 Å². The van der Waals surface area contributed by atoms with Crippen molar-refractivity contribution in [2.75, 3.05) is 5.32 Å². The Balaban J connectivity index is 1.69. The van der Waals surface area contributed by atoms with E-state index in [1.165, 1.54) is 0 Å². The fourth-order valence-electron chi connectivity index (χ4n) is 2.37. The molecule has 4 heteroatoms. The minimum Gasteiger partial charge on any atom is -0.504 e. The van der Waals surface area contributed by atoms with Crippen LogP contribution in [0, 0.1) is 0 Å². The van der Waals surface area contributed by atoms with E-state index in [9.17, 15) is 5.11 Å². The van der Waals surface area contributed by atoms with Crippen molar-refractivity contribution in [3.05, 3.63) is 88.9 Å². The lowest BCUT2D eigenvalue weighted by Crippen LogP contribution is -2.03. The van der Waals surface area contributed by atoms with Crippen molar-refractivity contribution in [1.29, 1.82) is 0 Å². The van der Waals surface area contributed by atoms with Gasteiger partial charge in [-0.15, -0.1) is 0 Å². The second kappa shape index (κ2) is 7.75. The van der Waals surface area contributed by atoms with Gasteiger partial charge >= 0.3 is 0 Å². The van der Waals surface area contributed by atoms with E-state index in [0.717, 1.165) is 16.9 Å². The summed E-state index contributed by atoms with van der Waals surface area (Å²) < 4.78 is 5.94. The van der Waals surface area contributed by atoms with Crippen molar-refractivity contribution in [3.63, 3.8) is 0 Å². The maximum absolute atomic E-state index is 9.97. The summed E-state index contributed by atoms with van der Waals surface area (Å²) in [7, 11) is 0. The van der Waals surface area contributed by atoms with Crippen molar-refractivity contribution in [1.82, 2.24) is 0 Å². The molecular formula is C20H18ClNO2. The third-order valence-electron chi connectivity index (χ3n) is 3.67. The molecule has 0 atom stereocenters. The molecule has 3 aromatic rings. The second-order valence-electron chi connectivity index (χ2n) is 5.37. The molecule has 3 nitrogen and oxygen atoms in total. The SMILES string of the molecule is Oc1c(Cl)cccc1NCc1ccccc1OCc1ccccc1. The number of nitrogens with one attached hydrogen (secondary N) is 1. The highest BCUT2D eigenvalue weighted by Gasteiger charge is 2.07. The van der Waals surface area contributed by atoms with Crippen LogP contribution < -0.4 is 10.1 Å². The summed E-state index contributed by atoms with van der Waals surface area (Å²) in [6.07, 6.45) is 0. The first kappa shape index (κ1) is 16.2. The largest absolute Gasteiger partial charge is 0.504 e. The van der Waals surface area contributed by atoms with Crippen LogP contribution in [0.25, 0.3) is 0 Å². The molecule has 0 bridgehead atoms. The maximum atomic E-state index is 9.97. The fraction of sp³-hybridized carbons (Fsp3) is 0.100. The summed E-state index contributed by atoms with van der Waals surface area (Å²) in [6.45, 7) is 1.04. The molecule has 24 heavy (non-hydrogen) atoms. The normalized spacial score (nSPS) is 10.4. The Labute approximate surface area is 146 Å². The lowest BCUT2D eigenvalue weighted by molar-refractivity contribution is 0.303. The average molecular weight is 340 g/mol. The van der Waals surface area contributed by atoms with Crippen LogP contribution in [0.1, 0.15) is 11.1 Å². The van der Waals surface area contributed by atoms with E-state index in [-0.39, 0.29) is 5.75 Å². The number of rotatable bonds is 6. The van der Waals surface area contributed by atoms with Crippen LogP contribution in [0.3, 0.4) is 0 Å². The summed E-state index contributed by atoms with van der Waals surface area (Å²) in [4.78, 5) is 0. The molecular weight excluding hydrogens is 322 g/mol. The Morgan fingerprint density at radius 1 is 0.875 bits per heavy atom. The van der Waals surface area contributed by atoms with Crippen LogP contribution in [0.5, 0.6) is 11.5 Å². The number of hydrogen-bond acceptors (Lipinski definition) is 3. The lowest BCUT2D eigenvalue weighted by Gasteiger charge is -2.14. The predicted octanol–water partition coefficient (Wildman–Crippen LogP) is 5.24. The minimum absolute atomic E-state index is 0.0573. The molecule has 0 saturated heterocycles. The molecule has 122 valence electrons. The summed E-state index contributed by atoms with van der Waals surface area (Å²) in [5.41, 5.74) is 2.72. The van der Waals surface area contributed by atoms with Gasteiger partial charge in [-0.1, -0.05) is 66.2 Å². The van der Waals surface area contributed by atoms with Gasteiger partial charge in [0, 0.05) is 12.1 Å². The maximum Gasteiger partial charge on any atom is 0.157 e. The molecule has 0 amide bonds. The van der Waals surface area contributed by atoms with Gasteiger partial charge in [-0.2, -0.15) is 0 Å². The highest BCUT2D eigenvalue weighted by molar-refractivity contribution is 6.32. The van der Waals surface area contributed by atoms with Crippen LogP contribution in [0.15, 0.2) is 72.8 Å². The third kappa shape index (κ3) is 4.00. The van der Waals surface area contributed by atoms with Gasteiger partial charge in [-0.05, 0) is 23.8 Å². The van der Waals surface area contributed by atoms with Crippen molar-refractivity contribution in [2.45, 2.75) is 13.2 Å². The van der Waals surface area contributed by atoms with Crippen LogP contribution in [0.2, 0.25) is 5.02 Å². The molecule has 3 rings (SSSR count). The molecule has 0 aromatic heterocycles. The van der Waals surface area contributed by atoms with Gasteiger partial charge in [0.1, 0.15) is 12.4 Å². The summed E-state index contributed by atoms with van der Waals surface area (Å²) in [5, 5.41) is 13.5. The van der Waals surface area contributed by atoms with E-state index in [1.807, 2.05) is 54.6 Å². The Kier molecular flexibility index (Phi) is 5.24. The van der Waals surface area contributed by atoms with E-state index in [1.54, 1.807) is 18.2 Å². The van der Waals surface area contributed by atoms with E-state index < -0.39 is 0 Å². The Bertz CT molecular complexity index is 806. The van der Waals surface area contributed by atoms with Gasteiger partial charge < -0.3 is 15.2 Å². The molecule has 0 unspecified atom stereocenters. The van der Waals surface area contributed by atoms with Crippen LogP contribution in [-0.4, -0.2) is 5.11 Å². The zero-order chi connectivity index (χ0) is 16.8. The number of aromatic hydroxyl groups is 1.